The Morgan fingerprint density at radius 3 is 2.50 bits per heavy atom. The molecule has 2 aromatic rings. The Kier molecular flexibility index (Phi) is 5.87. The number of hydrogen-bond donors (Lipinski definition) is 4. The third-order valence-corrected chi connectivity index (χ3v) is 4.22. The number of nitrogens with two attached hydrogens (primary N) is 3. The Morgan fingerprint density at radius 2 is 1.85 bits per heavy atom. The highest BCUT2D eigenvalue weighted by atomic mass is 19.1. The van der Waals surface area contributed by atoms with Crippen LogP contribution in [0.1, 0.15) is 30.0 Å². The second-order valence-electron chi connectivity index (χ2n) is 6.29. The molecule has 0 saturated carbocycles. The zero-order valence-electron chi connectivity index (χ0n) is 15.3. The molecular weight excluding hydrogens is 331 g/mol. The highest BCUT2D eigenvalue weighted by Gasteiger charge is 2.19. The smallest absolute Gasteiger partial charge is 0.269 e. The summed E-state index contributed by atoms with van der Waals surface area (Å²) >= 11 is 0. The number of carbonyl (C=O) groups excluding carboxylic acids is 1. The first-order valence-corrected chi connectivity index (χ1v) is 8.47. The molecule has 1 amide bonds. The SMILES string of the molecule is CCCNC(=O)/C(N)=C(\N)c1ccc(F)c(-c2cc(C)ccc2C)c1N. The molecule has 0 heterocycles. The molecule has 0 atom stereocenters. The molecule has 0 radical (unpaired) electrons. The van der Waals surface area contributed by atoms with E-state index < -0.39 is 11.7 Å². The van der Waals surface area contributed by atoms with Crippen LogP contribution in [-0.4, -0.2) is 12.5 Å². The van der Waals surface area contributed by atoms with E-state index in [9.17, 15) is 9.18 Å². The van der Waals surface area contributed by atoms with E-state index in [0.29, 0.717) is 17.7 Å². The number of hydrogen-bond acceptors (Lipinski definition) is 4. The number of nitrogen functional groups attached to an aromatic ring is 1. The highest BCUT2D eigenvalue weighted by Crippen LogP contribution is 2.36. The Bertz CT molecular complexity index is 874. The van der Waals surface area contributed by atoms with Crippen LogP contribution in [0.3, 0.4) is 0 Å². The minimum Gasteiger partial charge on any atom is -0.398 e. The van der Waals surface area contributed by atoms with Crippen molar-refractivity contribution in [3.8, 4) is 11.1 Å². The number of benzene rings is 2. The van der Waals surface area contributed by atoms with Crippen LogP contribution < -0.4 is 22.5 Å². The molecule has 0 saturated heterocycles. The van der Waals surface area contributed by atoms with Crippen molar-refractivity contribution in [3.05, 3.63) is 58.5 Å². The molecule has 2 rings (SSSR count). The molecule has 138 valence electrons. The molecule has 2 aromatic carbocycles. The minimum absolute atomic E-state index is 0.0302. The fraction of sp³-hybridized carbons (Fsp3) is 0.250. The molecule has 0 aliphatic carbocycles. The maximum atomic E-state index is 14.6. The predicted octanol–water partition coefficient (Wildman–Crippen LogP) is 2.80. The van der Waals surface area contributed by atoms with E-state index in [1.165, 1.54) is 12.1 Å². The van der Waals surface area contributed by atoms with Gasteiger partial charge in [-0.1, -0.05) is 30.7 Å². The van der Waals surface area contributed by atoms with Gasteiger partial charge < -0.3 is 22.5 Å². The quantitative estimate of drug-likeness (QED) is 0.488. The molecule has 26 heavy (non-hydrogen) atoms. The largest absolute Gasteiger partial charge is 0.398 e. The summed E-state index contributed by atoms with van der Waals surface area (Å²) in [4.78, 5) is 12.1. The monoisotopic (exact) mass is 356 g/mol. The van der Waals surface area contributed by atoms with E-state index in [1.807, 2.05) is 39.0 Å². The highest BCUT2D eigenvalue weighted by molar-refractivity contribution is 6.01. The number of rotatable bonds is 5. The van der Waals surface area contributed by atoms with Crippen LogP contribution in [0.4, 0.5) is 10.1 Å². The topological polar surface area (TPSA) is 107 Å². The fourth-order valence-electron chi connectivity index (χ4n) is 2.71. The summed E-state index contributed by atoms with van der Waals surface area (Å²) in [6.45, 7) is 6.22. The summed E-state index contributed by atoms with van der Waals surface area (Å²) < 4.78 is 14.6. The maximum absolute atomic E-state index is 14.6. The lowest BCUT2D eigenvalue weighted by Gasteiger charge is -2.16. The van der Waals surface area contributed by atoms with Gasteiger partial charge in [-0.2, -0.15) is 0 Å². The average molecular weight is 356 g/mol. The van der Waals surface area contributed by atoms with Gasteiger partial charge in [-0.15, -0.1) is 0 Å². The third-order valence-electron chi connectivity index (χ3n) is 4.22. The van der Waals surface area contributed by atoms with Crippen LogP contribution >= 0.6 is 0 Å². The molecule has 0 aliphatic heterocycles. The minimum atomic E-state index is -0.471. The van der Waals surface area contributed by atoms with E-state index >= 15 is 0 Å². The van der Waals surface area contributed by atoms with Crippen molar-refractivity contribution < 1.29 is 9.18 Å². The first-order chi connectivity index (χ1) is 12.3. The molecule has 0 spiro atoms. The van der Waals surface area contributed by atoms with Crippen LogP contribution in [0.25, 0.3) is 16.8 Å². The fourth-order valence-corrected chi connectivity index (χ4v) is 2.71. The second kappa shape index (κ2) is 7.91. The van der Waals surface area contributed by atoms with Gasteiger partial charge in [0.2, 0.25) is 0 Å². The molecule has 0 aliphatic rings. The van der Waals surface area contributed by atoms with Crippen molar-refractivity contribution in [1.82, 2.24) is 5.32 Å². The zero-order valence-corrected chi connectivity index (χ0v) is 15.3. The van der Waals surface area contributed by atoms with E-state index in [-0.39, 0.29) is 22.6 Å². The first kappa shape index (κ1) is 19.3. The lowest BCUT2D eigenvalue weighted by Crippen LogP contribution is -2.31. The standard InChI is InChI=1S/C20H25FN4O/c1-4-9-25-20(26)19(24)18(23)13-7-8-15(21)16(17(13)22)14-10-11(2)5-6-12(14)3/h5-8,10H,4,9,22-24H2,1-3H3,(H,25,26)/b19-18+. The van der Waals surface area contributed by atoms with Gasteiger partial charge >= 0.3 is 0 Å². The first-order valence-electron chi connectivity index (χ1n) is 8.47. The van der Waals surface area contributed by atoms with Crippen LogP contribution in [0.2, 0.25) is 0 Å². The van der Waals surface area contributed by atoms with Gasteiger partial charge in [0.1, 0.15) is 11.5 Å². The van der Waals surface area contributed by atoms with E-state index in [4.69, 9.17) is 17.2 Å². The van der Waals surface area contributed by atoms with Crippen LogP contribution in [0.15, 0.2) is 36.0 Å². The average Bonchev–Trinajstić information content (AvgIpc) is 2.61. The lowest BCUT2D eigenvalue weighted by atomic mass is 9.93. The molecule has 0 unspecified atom stereocenters. The maximum Gasteiger partial charge on any atom is 0.269 e. The van der Waals surface area contributed by atoms with Crippen LogP contribution in [0.5, 0.6) is 0 Å². The molecule has 7 N–H and O–H groups in total. The van der Waals surface area contributed by atoms with Crippen LogP contribution in [0, 0.1) is 19.7 Å². The van der Waals surface area contributed by atoms with Crippen LogP contribution in [-0.2, 0) is 4.79 Å². The second-order valence-corrected chi connectivity index (χ2v) is 6.29. The van der Waals surface area contributed by atoms with Crippen molar-refractivity contribution >= 4 is 17.3 Å². The van der Waals surface area contributed by atoms with Crippen molar-refractivity contribution in [3.63, 3.8) is 0 Å². The predicted molar refractivity (Wildman–Crippen MR) is 104 cm³/mol. The summed E-state index contributed by atoms with van der Waals surface area (Å²) in [7, 11) is 0. The van der Waals surface area contributed by atoms with E-state index in [0.717, 1.165) is 17.5 Å². The van der Waals surface area contributed by atoms with Crippen molar-refractivity contribution in [2.75, 3.05) is 12.3 Å². The normalized spacial score (nSPS) is 11.8. The molecule has 5 nitrogen and oxygen atoms in total. The summed E-state index contributed by atoms with van der Waals surface area (Å²) in [5.41, 5.74) is 21.4. The Labute approximate surface area is 153 Å². The molecule has 0 fully saturated rings. The van der Waals surface area contributed by atoms with Crippen molar-refractivity contribution in [2.24, 2.45) is 11.5 Å². The number of carbonyl (C=O) groups is 1. The number of halogens is 1. The van der Waals surface area contributed by atoms with Gasteiger partial charge in [-0.05, 0) is 43.5 Å². The Hall–Kier alpha value is -3.02. The van der Waals surface area contributed by atoms with Gasteiger partial charge in [0.05, 0.1) is 11.4 Å². The van der Waals surface area contributed by atoms with Crippen molar-refractivity contribution in [1.29, 1.82) is 0 Å². The summed E-state index contributed by atoms with van der Waals surface area (Å²) in [6, 6.07) is 8.44. The summed E-state index contributed by atoms with van der Waals surface area (Å²) in [6.07, 6.45) is 0.772. The lowest BCUT2D eigenvalue weighted by molar-refractivity contribution is -0.117. The third kappa shape index (κ3) is 3.79. The van der Waals surface area contributed by atoms with E-state index in [2.05, 4.69) is 5.32 Å². The van der Waals surface area contributed by atoms with Crippen molar-refractivity contribution in [2.45, 2.75) is 27.2 Å². The van der Waals surface area contributed by atoms with Gasteiger partial charge in [-0.25, -0.2) is 4.39 Å². The number of anilines is 1. The number of amides is 1. The van der Waals surface area contributed by atoms with E-state index in [1.54, 1.807) is 0 Å². The number of nitrogens with one attached hydrogen (secondary N) is 1. The Balaban J connectivity index is 2.60. The Morgan fingerprint density at radius 1 is 1.15 bits per heavy atom. The number of aryl methyl sites for hydroxylation is 2. The molecule has 0 bridgehead atoms. The summed E-state index contributed by atoms with van der Waals surface area (Å²) in [5, 5.41) is 2.66. The molecule has 6 heteroatoms. The summed E-state index contributed by atoms with van der Waals surface area (Å²) in [5.74, 6) is -0.928. The van der Waals surface area contributed by atoms with Gasteiger partial charge in [0.25, 0.3) is 5.91 Å². The van der Waals surface area contributed by atoms with Gasteiger partial charge in [0.15, 0.2) is 0 Å². The molecule has 0 aromatic heterocycles. The molecular formula is C20H25FN4O. The zero-order chi connectivity index (χ0) is 19.4. The van der Waals surface area contributed by atoms with Gasteiger partial charge in [0, 0.05) is 17.7 Å². The van der Waals surface area contributed by atoms with Gasteiger partial charge in [-0.3, -0.25) is 4.79 Å².